The number of ether oxygens (including phenoxy) is 2. The number of hydrogen-bond donors (Lipinski definition) is 2. The molecule has 27 heavy (non-hydrogen) atoms. The first-order valence-electron chi connectivity index (χ1n) is 8.23. The lowest BCUT2D eigenvalue weighted by Gasteiger charge is -2.15. The molecule has 0 aliphatic heterocycles. The van der Waals surface area contributed by atoms with Gasteiger partial charge in [-0.25, -0.2) is 4.79 Å². The van der Waals surface area contributed by atoms with E-state index in [1.165, 1.54) is 13.0 Å². The van der Waals surface area contributed by atoms with Crippen LogP contribution < -0.4 is 15.4 Å². The van der Waals surface area contributed by atoms with Gasteiger partial charge in [0, 0.05) is 12.1 Å². The number of alkyl halides is 2. The molecule has 0 spiro atoms. The lowest BCUT2D eigenvalue weighted by atomic mass is 10.2. The van der Waals surface area contributed by atoms with E-state index in [0.717, 1.165) is 5.56 Å². The fourth-order valence-electron chi connectivity index (χ4n) is 2.20. The molecular weight excluding hydrogens is 358 g/mol. The van der Waals surface area contributed by atoms with Crippen LogP contribution in [-0.2, 0) is 22.7 Å². The lowest BCUT2D eigenvalue weighted by molar-refractivity contribution is -0.122. The van der Waals surface area contributed by atoms with Crippen LogP contribution in [0, 0.1) is 0 Å². The molecule has 0 aliphatic rings. The maximum Gasteiger partial charge on any atom is 0.408 e. The van der Waals surface area contributed by atoms with Crippen LogP contribution in [0.2, 0.25) is 0 Å². The van der Waals surface area contributed by atoms with E-state index >= 15 is 0 Å². The van der Waals surface area contributed by atoms with Gasteiger partial charge in [-0.1, -0.05) is 48.5 Å². The minimum absolute atomic E-state index is 0.0179. The van der Waals surface area contributed by atoms with Gasteiger partial charge < -0.3 is 20.1 Å². The van der Waals surface area contributed by atoms with Crippen LogP contribution in [0.5, 0.6) is 5.75 Å². The average Bonchev–Trinajstić information content (AvgIpc) is 2.65. The molecule has 144 valence electrons. The van der Waals surface area contributed by atoms with Gasteiger partial charge in [0.15, 0.2) is 0 Å². The van der Waals surface area contributed by atoms with Crippen molar-refractivity contribution >= 4 is 12.0 Å². The van der Waals surface area contributed by atoms with Crippen LogP contribution in [0.25, 0.3) is 0 Å². The zero-order valence-corrected chi connectivity index (χ0v) is 14.7. The van der Waals surface area contributed by atoms with E-state index in [2.05, 4.69) is 15.4 Å². The van der Waals surface area contributed by atoms with Gasteiger partial charge in [0.1, 0.15) is 18.4 Å². The highest BCUT2D eigenvalue weighted by Gasteiger charge is 2.17. The summed E-state index contributed by atoms with van der Waals surface area (Å²) in [5.41, 5.74) is 1.21. The molecule has 2 aromatic rings. The Balaban J connectivity index is 1.79. The second-order valence-electron chi connectivity index (χ2n) is 5.63. The number of benzene rings is 2. The Morgan fingerprint density at radius 3 is 2.41 bits per heavy atom. The summed E-state index contributed by atoms with van der Waals surface area (Å²) >= 11 is 0. The molecule has 0 aromatic heterocycles. The Kier molecular flexibility index (Phi) is 7.54. The SMILES string of the molecule is C[C@H](NC(=O)OCc1ccccc1)C(=O)NCc1ccccc1OC(F)F. The third kappa shape index (κ3) is 6.93. The summed E-state index contributed by atoms with van der Waals surface area (Å²) in [4.78, 5) is 23.9. The highest BCUT2D eigenvalue weighted by Crippen LogP contribution is 2.19. The molecule has 6 nitrogen and oxygen atoms in total. The van der Waals surface area contributed by atoms with E-state index in [4.69, 9.17) is 4.74 Å². The van der Waals surface area contributed by atoms with Crippen LogP contribution >= 0.6 is 0 Å². The van der Waals surface area contributed by atoms with Gasteiger partial charge in [-0.15, -0.1) is 0 Å². The van der Waals surface area contributed by atoms with Crippen molar-refractivity contribution in [1.29, 1.82) is 0 Å². The number of amides is 2. The standard InChI is InChI=1S/C19H20F2N2O4/c1-13(23-19(25)26-12-14-7-3-2-4-8-14)17(24)22-11-15-9-5-6-10-16(15)27-18(20)21/h2-10,13,18H,11-12H2,1H3,(H,22,24)(H,23,25)/t13-/m0/s1. The zero-order valence-electron chi connectivity index (χ0n) is 14.7. The fraction of sp³-hybridized carbons (Fsp3) is 0.263. The summed E-state index contributed by atoms with van der Waals surface area (Å²) in [6, 6.07) is 14.4. The monoisotopic (exact) mass is 378 g/mol. The van der Waals surface area contributed by atoms with Gasteiger partial charge >= 0.3 is 12.7 Å². The minimum atomic E-state index is -2.96. The van der Waals surface area contributed by atoms with Crippen molar-refractivity contribution in [2.24, 2.45) is 0 Å². The molecule has 0 unspecified atom stereocenters. The third-order valence-electron chi connectivity index (χ3n) is 3.58. The number of carbonyl (C=O) groups is 2. The molecule has 8 heteroatoms. The molecule has 2 N–H and O–H groups in total. The Morgan fingerprint density at radius 1 is 1.04 bits per heavy atom. The van der Waals surface area contributed by atoms with Gasteiger partial charge in [0.25, 0.3) is 0 Å². The van der Waals surface area contributed by atoms with Crippen molar-refractivity contribution in [2.75, 3.05) is 0 Å². The van der Waals surface area contributed by atoms with E-state index in [0.29, 0.717) is 5.56 Å². The van der Waals surface area contributed by atoms with Crippen LogP contribution in [0.15, 0.2) is 54.6 Å². The van der Waals surface area contributed by atoms with Gasteiger partial charge in [-0.05, 0) is 18.6 Å². The molecule has 1 atom stereocenters. The van der Waals surface area contributed by atoms with Crippen LogP contribution in [-0.4, -0.2) is 24.7 Å². The Morgan fingerprint density at radius 2 is 1.70 bits per heavy atom. The van der Waals surface area contributed by atoms with E-state index in [9.17, 15) is 18.4 Å². The molecule has 0 saturated carbocycles. The van der Waals surface area contributed by atoms with Crippen molar-refractivity contribution < 1.29 is 27.8 Å². The van der Waals surface area contributed by atoms with Crippen LogP contribution in [0.3, 0.4) is 0 Å². The van der Waals surface area contributed by atoms with Gasteiger partial charge in [0.05, 0.1) is 0 Å². The molecular formula is C19H20F2N2O4. The minimum Gasteiger partial charge on any atom is -0.445 e. The second kappa shape index (κ2) is 10.1. The average molecular weight is 378 g/mol. The Hall–Kier alpha value is -3.16. The van der Waals surface area contributed by atoms with Crippen molar-refractivity contribution in [3.05, 3.63) is 65.7 Å². The summed E-state index contributed by atoms with van der Waals surface area (Å²) < 4.78 is 34.2. The molecule has 0 bridgehead atoms. The molecule has 0 heterocycles. The van der Waals surface area contributed by atoms with Crippen molar-refractivity contribution in [3.8, 4) is 5.75 Å². The van der Waals surface area contributed by atoms with Crippen molar-refractivity contribution in [3.63, 3.8) is 0 Å². The first-order valence-corrected chi connectivity index (χ1v) is 8.23. The number of hydrogen-bond acceptors (Lipinski definition) is 4. The van der Waals surface area contributed by atoms with Gasteiger partial charge in [-0.3, -0.25) is 4.79 Å². The number of rotatable bonds is 8. The second-order valence-corrected chi connectivity index (χ2v) is 5.63. The van der Waals surface area contributed by atoms with Crippen molar-refractivity contribution in [1.82, 2.24) is 10.6 Å². The quantitative estimate of drug-likeness (QED) is 0.740. The van der Waals surface area contributed by atoms with E-state index < -0.39 is 24.7 Å². The summed E-state index contributed by atoms with van der Waals surface area (Å²) in [5.74, 6) is -0.505. The number of nitrogens with one attached hydrogen (secondary N) is 2. The number of halogens is 2. The molecule has 0 radical (unpaired) electrons. The Bertz CT molecular complexity index is 756. The zero-order chi connectivity index (χ0) is 19.6. The normalized spacial score (nSPS) is 11.6. The first-order chi connectivity index (χ1) is 13.0. The predicted molar refractivity (Wildman–Crippen MR) is 94.1 cm³/mol. The lowest BCUT2D eigenvalue weighted by Crippen LogP contribution is -2.44. The third-order valence-corrected chi connectivity index (χ3v) is 3.58. The van der Waals surface area contributed by atoms with Crippen molar-refractivity contribution in [2.45, 2.75) is 32.7 Å². The summed E-state index contributed by atoms with van der Waals surface area (Å²) in [7, 11) is 0. The largest absolute Gasteiger partial charge is 0.445 e. The van der Waals surface area contributed by atoms with E-state index in [1.54, 1.807) is 18.2 Å². The molecule has 2 aromatic carbocycles. The molecule has 2 amide bonds. The van der Waals surface area contributed by atoms with Crippen LogP contribution in [0.1, 0.15) is 18.1 Å². The van der Waals surface area contributed by atoms with Gasteiger partial charge in [-0.2, -0.15) is 8.78 Å². The number of para-hydroxylation sites is 1. The van der Waals surface area contributed by atoms with E-state index in [1.807, 2.05) is 30.3 Å². The van der Waals surface area contributed by atoms with Gasteiger partial charge in [0.2, 0.25) is 5.91 Å². The molecule has 0 aliphatic carbocycles. The maximum absolute atomic E-state index is 12.4. The number of carbonyl (C=O) groups excluding carboxylic acids is 2. The topological polar surface area (TPSA) is 76.7 Å². The highest BCUT2D eigenvalue weighted by molar-refractivity contribution is 5.85. The summed E-state index contributed by atoms with van der Waals surface area (Å²) in [6.45, 7) is -1.41. The molecule has 2 rings (SSSR count). The predicted octanol–water partition coefficient (Wildman–Crippen LogP) is 3.22. The Labute approximate surface area is 155 Å². The smallest absolute Gasteiger partial charge is 0.408 e. The molecule has 0 saturated heterocycles. The van der Waals surface area contributed by atoms with E-state index in [-0.39, 0.29) is 18.9 Å². The summed E-state index contributed by atoms with van der Waals surface area (Å²) in [6.07, 6.45) is -0.733. The first kappa shape index (κ1) is 20.2. The fourth-order valence-corrected chi connectivity index (χ4v) is 2.20. The summed E-state index contributed by atoms with van der Waals surface area (Å²) in [5, 5.41) is 4.97. The maximum atomic E-state index is 12.4. The molecule has 0 fully saturated rings. The number of alkyl carbamates (subject to hydrolysis) is 1. The van der Waals surface area contributed by atoms with Crippen LogP contribution in [0.4, 0.5) is 13.6 Å². The highest BCUT2D eigenvalue weighted by atomic mass is 19.3.